The van der Waals surface area contributed by atoms with Crippen LogP contribution in [0.3, 0.4) is 0 Å². The van der Waals surface area contributed by atoms with Crippen LogP contribution in [0.25, 0.3) is 0 Å². The number of hydrogen-bond acceptors (Lipinski definition) is 4. The van der Waals surface area contributed by atoms with Crippen molar-refractivity contribution in [1.29, 1.82) is 0 Å². The van der Waals surface area contributed by atoms with Crippen molar-refractivity contribution >= 4 is 17.5 Å². The second kappa shape index (κ2) is 8.40. The third-order valence-corrected chi connectivity index (χ3v) is 5.69. The van der Waals surface area contributed by atoms with Crippen molar-refractivity contribution in [1.82, 2.24) is 4.90 Å². The summed E-state index contributed by atoms with van der Waals surface area (Å²) in [5.74, 6) is -0.768. The second-order valence-corrected chi connectivity index (χ2v) is 6.82. The van der Waals surface area contributed by atoms with Gasteiger partial charge < -0.3 is 4.48 Å². The first-order chi connectivity index (χ1) is 12.4. The molecule has 1 aromatic rings. The number of unbranched alkanes of at least 4 members (excludes halogenated alkanes) is 2. The Morgan fingerprint density at radius 1 is 0.962 bits per heavy atom. The molecule has 2 amide bonds. The summed E-state index contributed by atoms with van der Waals surface area (Å²) >= 11 is 0. The highest BCUT2D eigenvalue weighted by molar-refractivity contribution is 6.21. The van der Waals surface area contributed by atoms with Gasteiger partial charge in [0.1, 0.15) is 0 Å². The van der Waals surface area contributed by atoms with Crippen molar-refractivity contribution in [3.05, 3.63) is 39.4 Å². The molecule has 7 nitrogen and oxygen atoms in total. The normalized spacial score (nSPS) is 14.0. The molecule has 0 spiro atoms. The lowest BCUT2D eigenvalue weighted by Crippen LogP contribution is -2.48. The van der Waals surface area contributed by atoms with Gasteiger partial charge in [-0.1, -0.05) is 0 Å². The number of nitro groups is 1. The standard InChI is InChI=1S/C19H28N3O4/c1-4-22(5-2,6-3)13-9-7-8-12-20-18(23)16-11-10-15(21(25)26)14-17(16)19(20)24/h10-11,14H,4-9,12-13H2,1-3H3/q+1. The number of carbonyl (C=O) groups is 2. The summed E-state index contributed by atoms with van der Waals surface area (Å²) in [6.07, 6.45) is 2.77. The van der Waals surface area contributed by atoms with Crippen molar-refractivity contribution in [2.45, 2.75) is 40.0 Å². The molecule has 1 heterocycles. The Morgan fingerprint density at radius 2 is 1.58 bits per heavy atom. The summed E-state index contributed by atoms with van der Waals surface area (Å²) in [5, 5.41) is 10.9. The lowest BCUT2D eigenvalue weighted by molar-refractivity contribution is -0.923. The number of nitro benzene ring substituents is 1. The van der Waals surface area contributed by atoms with Gasteiger partial charge in [-0.05, 0) is 46.1 Å². The summed E-state index contributed by atoms with van der Waals surface area (Å²) in [5.41, 5.74) is 0.238. The van der Waals surface area contributed by atoms with Gasteiger partial charge in [0.25, 0.3) is 17.5 Å². The molecule has 26 heavy (non-hydrogen) atoms. The third kappa shape index (κ3) is 3.93. The quantitative estimate of drug-likeness (QED) is 0.210. The molecule has 0 saturated carbocycles. The molecule has 1 aliphatic rings. The first kappa shape index (κ1) is 20.0. The molecular formula is C19H28N3O4+. The first-order valence-electron chi connectivity index (χ1n) is 9.38. The average Bonchev–Trinajstić information content (AvgIpc) is 2.89. The molecule has 7 heteroatoms. The Kier molecular flexibility index (Phi) is 6.47. The SMILES string of the molecule is CC[N+](CC)(CC)CCCCCN1C(=O)c2ccc([N+](=O)[O-])cc2C1=O. The van der Waals surface area contributed by atoms with E-state index in [-0.39, 0.29) is 22.7 Å². The van der Waals surface area contributed by atoms with E-state index < -0.39 is 10.8 Å². The fraction of sp³-hybridized carbons (Fsp3) is 0.579. The zero-order chi connectivity index (χ0) is 19.3. The predicted molar refractivity (Wildman–Crippen MR) is 99.1 cm³/mol. The van der Waals surface area contributed by atoms with Gasteiger partial charge in [-0.25, -0.2) is 0 Å². The van der Waals surface area contributed by atoms with Gasteiger partial charge in [0.2, 0.25) is 0 Å². The van der Waals surface area contributed by atoms with E-state index in [9.17, 15) is 19.7 Å². The molecule has 0 aromatic heterocycles. The predicted octanol–water partition coefficient (Wildman–Crippen LogP) is 3.24. The largest absolute Gasteiger partial charge is 0.324 e. The molecule has 142 valence electrons. The van der Waals surface area contributed by atoms with Crippen LogP contribution in [0.5, 0.6) is 0 Å². The number of hydrogen-bond donors (Lipinski definition) is 0. The molecule has 1 aromatic carbocycles. The van der Waals surface area contributed by atoms with Gasteiger partial charge in [-0.15, -0.1) is 0 Å². The minimum absolute atomic E-state index is 0.142. The molecule has 1 aliphatic heterocycles. The summed E-state index contributed by atoms with van der Waals surface area (Å²) in [4.78, 5) is 36.3. The van der Waals surface area contributed by atoms with E-state index in [0.29, 0.717) is 6.54 Å². The highest BCUT2D eigenvalue weighted by atomic mass is 16.6. The maximum Gasteiger partial charge on any atom is 0.270 e. The summed E-state index contributed by atoms with van der Waals surface area (Å²) in [7, 11) is 0. The van der Waals surface area contributed by atoms with Crippen molar-refractivity contribution in [2.75, 3.05) is 32.7 Å². The number of amides is 2. The van der Waals surface area contributed by atoms with Crippen LogP contribution in [0.1, 0.15) is 60.7 Å². The molecule has 0 N–H and O–H groups in total. The van der Waals surface area contributed by atoms with Crippen molar-refractivity contribution in [3.63, 3.8) is 0 Å². The molecule has 0 saturated heterocycles. The molecule has 0 aliphatic carbocycles. The lowest BCUT2D eigenvalue weighted by atomic mass is 10.1. The Labute approximate surface area is 154 Å². The van der Waals surface area contributed by atoms with Crippen LogP contribution in [0.2, 0.25) is 0 Å². The van der Waals surface area contributed by atoms with E-state index in [0.717, 1.165) is 49.9 Å². The van der Waals surface area contributed by atoms with Crippen LogP contribution in [-0.4, -0.2) is 58.8 Å². The van der Waals surface area contributed by atoms with Gasteiger partial charge in [-0.2, -0.15) is 0 Å². The monoisotopic (exact) mass is 362 g/mol. The minimum Gasteiger partial charge on any atom is -0.324 e. The topological polar surface area (TPSA) is 80.5 Å². The maximum absolute atomic E-state index is 12.4. The molecule has 0 fully saturated rings. The van der Waals surface area contributed by atoms with Gasteiger partial charge in [0.15, 0.2) is 0 Å². The van der Waals surface area contributed by atoms with E-state index in [1.54, 1.807) is 0 Å². The van der Waals surface area contributed by atoms with E-state index in [2.05, 4.69) is 20.8 Å². The molecular weight excluding hydrogens is 334 g/mol. The van der Waals surface area contributed by atoms with Crippen LogP contribution >= 0.6 is 0 Å². The fourth-order valence-electron chi connectivity index (χ4n) is 3.63. The Hall–Kier alpha value is -2.28. The zero-order valence-corrected chi connectivity index (χ0v) is 15.9. The average molecular weight is 362 g/mol. The second-order valence-electron chi connectivity index (χ2n) is 6.82. The number of imide groups is 1. The molecule has 0 radical (unpaired) electrons. The van der Waals surface area contributed by atoms with Crippen LogP contribution in [0, 0.1) is 10.1 Å². The molecule has 0 unspecified atom stereocenters. The van der Waals surface area contributed by atoms with Crippen molar-refractivity contribution in [2.24, 2.45) is 0 Å². The molecule has 2 rings (SSSR count). The number of rotatable bonds is 10. The number of quaternary nitrogens is 1. The van der Waals surface area contributed by atoms with Crippen LogP contribution in [0.15, 0.2) is 18.2 Å². The molecule has 0 bridgehead atoms. The van der Waals surface area contributed by atoms with Gasteiger partial charge in [0.05, 0.1) is 42.2 Å². The highest BCUT2D eigenvalue weighted by Crippen LogP contribution is 2.27. The zero-order valence-electron chi connectivity index (χ0n) is 15.9. The van der Waals surface area contributed by atoms with Crippen LogP contribution in [-0.2, 0) is 0 Å². The summed E-state index contributed by atoms with van der Waals surface area (Å²) in [6.45, 7) is 11.5. The number of non-ortho nitro benzene ring substituents is 1. The third-order valence-electron chi connectivity index (χ3n) is 5.69. The fourth-order valence-corrected chi connectivity index (χ4v) is 3.63. The van der Waals surface area contributed by atoms with E-state index in [1.165, 1.54) is 23.1 Å². The number of benzene rings is 1. The van der Waals surface area contributed by atoms with Gasteiger partial charge >= 0.3 is 0 Å². The lowest BCUT2D eigenvalue weighted by Gasteiger charge is -2.35. The Balaban J connectivity index is 1.90. The summed E-state index contributed by atoms with van der Waals surface area (Å²) in [6, 6.07) is 3.85. The number of nitrogens with zero attached hydrogens (tertiary/aromatic N) is 3. The Bertz CT molecular complexity index is 690. The van der Waals surface area contributed by atoms with Crippen LogP contribution in [0.4, 0.5) is 5.69 Å². The van der Waals surface area contributed by atoms with Gasteiger partial charge in [0, 0.05) is 18.7 Å². The van der Waals surface area contributed by atoms with Crippen molar-refractivity contribution < 1.29 is 19.0 Å². The number of fused-ring (bicyclic) bond motifs is 1. The van der Waals surface area contributed by atoms with E-state index >= 15 is 0 Å². The van der Waals surface area contributed by atoms with Crippen molar-refractivity contribution in [3.8, 4) is 0 Å². The maximum atomic E-state index is 12.4. The minimum atomic E-state index is -0.555. The Morgan fingerprint density at radius 3 is 2.15 bits per heavy atom. The van der Waals surface area contributed by atoms with Crippen LogP contribution < -0.4 is 0 Å². The summed E-state index contributed by atoms with van der Waals surface area (Å²) < 4.78 is 1.09. The van der Waals surface area contributed by atoms with E-state index in [4.69, 9.17) is 0 Å². The first-order valence-corrected chi connectivity index (χ1v) is 9.38. The number of carbonyl (C=O) groups excluding carboxylic acids is 2. The highest BCUT2D eigenvalue weighted by Gasteiger charge is 2.36. The van der Waals surface area contributed by atoms with E-state index in [1.807, 2.05) is 0 Å². The van der Waals surface area contributed by atoms with Gasteiger partial charge in [-0.3, -0.25) is 24.6 Å². The molecule has 0 atom stereocenters. The smallest absolute Gasteiger partial charge is 0.270 e.